The number of hydrogen-bond acceptors (Lipinski definition) is 3. The van der Waals surface area contributed by atoms with Gasteiger partial charge in [-0.25, -0.2) is 4.79 Å². The molecule has 1 amide bonds. The monoisotopic (exact) mass is 214 g/mol. The molecule has 0 spiro atoms. The summed E-state index contributed by atoms with van der Waals surface area (Å²) in [6.07, 6.45) is 2.35. The smallest absolute Gasteiger partial charge is 0.407 e. The number of alkyl carbamates (subject to hydrolysis) is 1. The highest BCUT2D eigenvalue weighted by Crippen LogP contribution is 2.27. The largest absolute Gasteiger partial charge is 0.448 e. The van der Waals surface area contributed by atoms with Crippen molar-refractivity contribution in [3.05, 3.63) is 0 Å². The summed E-state index contributed by atoms with van der Waals surface area (Å²) >= 11 is 0. The topological polar surface area (TPSA) is 50.4 Å². The Balaban J connectivity index is 1.91. The van der Waals surface area contributed by atoms with Gasteiger partial charge in [0, 0.05) is 12.1 Å². The predicted octanol–water partition coefficient (Wildman–Crippen LogP) is 1.51. The van der Waals surface area contributed by atoms with Crippen LogP contribution < -0.4 is 10.6 Å². The van der Waals surface area contributed by atoms with Gasteiger partial charge in [-0.2, -0.15) is 0 Å². The standard InChI is InChI=1S/C11H22N2O2/c1-11(2,3)13-10(14)15-7-6-12-8-9-4-5-9/h9,12H,4-8H2,1-3H3,(H,13,14). The Labute approximate surface area is 91.8 Å². The lowest BCUT2D eigenvalue weighted by Crippen LogP contribution is -2.41. The molecule has 0 aromatic heterocycles. The third kappa shape index (κ3) is 7.19. The quantitative estimate of drug-likeness (QED) is 0.682. The zero-order valence-corrected chi connectivity index (χ0v) is 9.93. The molecule has 4 heteroatoms. The third-order valence-corrected chi connectivity index (χ3v) is 2.12. The highest BCUT2D eigenvalue weighted by atomic mass is 16.5. The van der Waals surface area contributed by atoms with Crippen LogP contribution in [0.2, 0.25) is 0 Å². The maximum Gasteiger partial charge on any atom is 0.407 e. The molecule has 0 bridgehead atoms. The molecular formula is C11H22N2O2. The summed E-state index contributed by atoms with van der Waals surface area (Å²) in [6.45, 7) is 8.03. The second-order valence-corrected chi connectivity index (χ2v) is 5.16. The van der Waals surface area contributed by atoms with Gasteiger partial charge >= 0.3 is 6.09 Å². The van der Waals surface area contributed by atoms with Crippen molar-refractivity contribution in [3.63, 3.8) is 0 Å². The van der Waals surface area contributed by atoms with Gasteiger partial charge in [-0.05, 0) is 46.1 Å². The van der Waals surface area contributed by atoms with Crippen molar-refractivity contribution in [2.45, 2.75) is 39.2 Å². The molecule has 4 nitrogen and oxygen atoms in total. The van der Waals surface area contributed by atoms with Crippen molar-refractivity contribution in [1.29, 1.82) is 0 Å². The molecule has 0 heterocycles. The lowest BCUT2D eigenvalue weighted by molar-refractivity contribution is 0.138. The van der Waals surface area contributed by atoms with Gasteiger partial charge < -0.3 is 15.4 Å². The van der Waals surface area contributed by atoms with Crippen molar-refractivity contribution in [2.75, 3.05) is 19.7 Å². The molecule has 0 aromatic carbocycles. The minimum atomic E-state index is -0.337. The molecule has 1 rings (SSSR count). The van der Waals surface area contributed by atoms with E-state index in [9.17, 15) is 4.79 Å². The molecule has 1 aliphatic carbocycles. The van der Waals surface area contributed by atoms with Crippen molar-refractivity contribution < 1.29 is 9.53 Å². The molecule has 0 unspecified atom stereocenters. The van der Waals surface area contributed by atoms with Crippen molar-refractivity contribution in [1.82, 2.24) is 10.6 Å². The number of nitrogens with one attached hydrogen (secondary N) is 2. The minimum Gasteiger partial charge on any atom is -0.448 e. The van der Waals surface area contributed by atoms with E-state index in [2.05, 4.69) is 10.6 Å². The third-order valence-electron chi connectivity index (χ3n) is 2.12. The zero-order chi connectivity index (χ0) is 11.3. The molecule has 15 heavy (non-hydrogen) atoms. The van der Waals surface area contributed by atoms with Crippen LogP contribution in [0, 0.1) is 5.92 Å². The molecule has 0 aromatic rings. The summed E-state index contributed by atoms with van der Waals surface area (Å²) in [5.41, 5.74) is -0.224. The predicted molar refractivity (Wildman–Crippen MR) is 59.8 cm³/mol. The normalized spacial score (nSPS) is 16.2. The Hall–Kier alpha value is -0.770. The van der Waals surface area contributed by atoms with Crippen molar-refractivity contribution >= 4 is 6.09 Å². The lowest BCUT2D eigenvalue weighted by Gasteiger charge is -2.19. The number of carbonyl (C=O) groups is 1. The van der Waals surface area contributed by atoms with E-state index >= 15 is 0 Å². The summed E-state index contributed by atoms with van der Waals surface area (Å²) in [7, 11) is 0. The van der Waals surface area contributed by atoms with E-state index in [-0.39, 0.29) is 11.6 Å². The van der Waals surface area contributed by atoms with Crippen LogP contribution in [-0.4, -0.2) is 31.3 Å². The zero-order valence-electron chi connectivity index (χ0n) is 9.93. The first-order valence-corrected chi connectivity index (χ1v) is 5.63. The van der Waals surface area contributed by atoms with Crippen LogP contribution in [0.3, 0.4) is 0 Å². The van der Waals surface area contributed by atoms with Gasteiger partial charge in [0.2, 0.25) is 0 Å². The molecular weight excluding hydrogens is 192 g/mol. The fourth-order valence-electron chi connectivity index (χ4n) is 1.19. The average molecular weight is 214 g/mol. The van der Waals surface area contributed by atoms with Gasteiger partial charge in [-0.3, -0.25) is 0 Å². The molecule has 0 saturated heterocycles. The Morgan fingerprint density at radius 1 is 1.40 bits per heavy atom. The van der Waals surface area contributed by atoms with Crippen LogP contribution in [0.15, 0.2) is 0 Å². The van der Waals surface area contributed by atoms with Crippen LogP contribution >= 0.6 is 0 Å². The van der Waals surface area contributed by atoms with Gasteiger partial charge in [-0.1, -0.05) is 0 Å². The van der Waals surface area contributed by atoms with E-state index < -0.39 is 0 Å². The maximum atomic E-state index is 11.2. The average Bonchev–Trinajstić information content (AvgIpc) is 2.83. The van der Waals surface area contributed by atoms with Gasteiger partial charge in [-0.15, -0.1) is 0 Å². The van der Waals surface area contributed by atoms with Crippen molar-refractivity contribution in [2.24, 2.45) is 5.92 Å². The maximum absolute atomic E-state index is 11.2. The van der Waals surface area contributed by atoms with E-state index in [1.807, 2.05) is 20.8 Å². The number of amides is 1. The first kappa shape index (κ1) is 12.3. The second-order valence-electron chi connectivity index (χ2n) is 5.16. The van der Waals surface area contributed by atoms with Crippen LogP contribution in [-0.2, 0) is 4.74 Å². The van der Waals surface area contributed by atoms with Crippen LogP contribution in [0.4, 0.5) is 4.79 Å². The summed E-state index contributed by atoms with van der Waals surface area (Å²) in [5.74, 6) is 0.869. The van der Waals surface area contributed by atoms with Gasteiger partial charge in [0.1, 0.15) is 6.61 Å². The van der Waals surface area contributed by atoms with E-state index in [1.54, 1.807) is 0 Å². The Bertz CT molecular complexity index is 207. The van der Waals surface area contributed by atoms with E-state index in [0.717, 1.165) is 19.0 Å². The first-order chi connectivity index (χ1) is 6.97. The molecule has 1 fully saturated rings. The summed E-state index contributed by atoms with van der Waals surface area (Å²) < 4.78 is 5.01. The lowest BCUT2D eigenvalue weighted by atomic mass is 10.1. The number of ether oxygens (including phenoxy) is 1. The fraction of sp³-hybridized carbons (Fsp3) is 0.909. The highest BCUT2D eigenvalue weighted by molar-refractivity contribution is 5.68. The Morgan fingerprint density at radius 3 is 2.60 bits per heavy atom. The van der Waals surface area contributed by atoms with E-state index in [0.29, 0.717) is 6.61 Å². The van der Waals surface area contributed by atoms with Gasteiger partial charge in [0.15, 0.2) is 0 Å². The van der Waals surface area contributed by atoms with Gasteiger partial charge in [0.25, 0.3) is 0 Å². The van der Waals surface area contributed by atoms with Crippen molar-refractivity contribution in [3.8, 4) is 0 Å². The summed E-state index contributed by atoms with van der Waals surface area (Å²) in [4.78, 5) is 11.2. The number of rotatable bonds is 5. The highest BCUT2D eigenvalue weighted by Gasteiger charge is 2.20. The van der Waals surface area contributed by atoms with E-state index in [1.165, 1.54) is 12.8 Å². The second kappa shape index (κ2) is 5.35. The molecule has 0 radical (unpaired) electrons. The number of hydrogen-bond donors (Lipinski definition) is 2. The number of carbonyl (C=O) groups excluding carboxylic acids is 1. The molecule has 0 atom stereocenters. The molecule has 1 saturated carbocycles. The summed E-state index contributed by atoms with van der Waals surface area (Å²) in [6, 6.07) is 0. The minimum absolute atomic E-state index is 0.224. The van der Waals surface area contributed by atoms with Gasteiger partial charge in [0.05, 0.1) is 0 Å². The Morgan fingerprint density at radius 2 is 2.07 bits per heavy atom. The van der Waals surface area contributed by atoms with Crippen LogP contribution in [0.1, 0.15) is 33.6 Å². The first-order valence-electron chi connectivity index (χ1n) is 5.63. The van der Waals surface area contributed by atoms with Crippen LogP contribution in [0.5, 0.6) is 0 Å². The van der Waals surface area contributed by atoms with Crippen LogP contribution in [0.25, 0.3) is 0 Å². The van der Waals surface area contributed by atoms with E-state index in [4.69, 9.17) is 4.74 Å². The SMILES string of the molecule is CC(C)(C)NC(=O)OCCNCC1CC1. The Kier molecular flexibility index (Phi) is 4.39. The molecule has 0 aliphatic heterocycles. The fourth-order valence-corrected chi connectivity index (χ4v) is 1.19. The summed E-state index contributed by atoms with van der Waals surface area (Å²) in [5, 5.41) is 6.00. The molecule has 88 valence electrons. The molecule has 1 aliphatic rings. The molecule has 2 N–H and O–H groups in total.